The van der Waals surface area contributed by atoms with Gasteiger partial charge in [-0.05, 0) is 24.3 Å². The second kappa shape index (κ2) is 4.78. The zero-order valence-corrected chi connectivity index (χ0v) is 10.0. The zero-order valence-electron chi connectivity index (χ0n) is 9.23. The van der Waals surface area contributed by atoms with Crippen molar-refractivity contribution in [2.24, 2.45) is 0 Å². The third-order valence-corrected chi connectivity index (χ3v) is 2.90. The molecule has 0 radical (unpaired) electrons. The Morgan fingerprint density at radius 2 is 1.89 bits per heavy atom. The van der Waals surface area contributed by atoms with Crippen LogP contribution in [0, 0.1) is 11.3 Å². The number of thiazole rings is 1. The summed E-state index contributed by atoms with van der Waals surface area (Å²) in [6.07, 6.45) is -4.73. The standard InChI is InChI=1S/C11H6F3N3OS/c12-11(13,14)18-7-3-1-6(2-4-7)9-8(5-15)19-10(16)17-9/h1-4H,(H2,16,17). The highest BCUT2D eigenvalue weighted by atomic mass is 32.1. The zero-order chi connectivity index (χ0) is 14.0. The number of alkyl halides is 3. The molecule has 0 saturated heterocycles. The molecular formula is C11H6F3N3OS. The van der Waals surface area contributed by atoms with Gasteiger partial charge in [0.05, 0.1) is 0 Å². The molecule has 2 rings (SSSR count). The molecule has 0 aliphatic heterocycles. The van der Waals surface area contributed by atoms with Crippen LogP contribution in [0.25, 0.3) is 11.3 Å². The Kier molecular flexibility index (Phi) is 3.31. The Balaban J connectivity index is 2.30. The van der Waals surface area contributed by atoms with E-state index in [0.29, 0.717) is 16.1 Å². The van der Waals surface area contributed by atoms with Crippen molar-refractivity contribution in [3.8, 4) is 23.1 Å². The third-order valence-electron chi connectivity index (χ3n) is 2.11. The smallest absolute Gasteiger partial charge is 0.406 e. The average Bonchev–Trinajstić information content (AvgIpc) is 2.69. The van der Waals surface area contributed by atoms with E-state index in [2.05, 4.69) is 9.72 Å². The largest absolute Gasteiger partial charge is 0.573 e. The first-order chi connectivity index (χ1) is 8.89. The number of benzene rings is 1. The highest BCUT2D eigenvalue weighted by molar-refractivity contribution is 7.16. The second-order valence-electron chi connectivity index (χ2n) is 3.41. The first-order valence-electron chi connectivity index (χ1n) is 4.91. The van der Waals surface area contributed by atoms with E-state index in [4.69, 9.17) is 11.0 Å². The van der Waals surface area contributed by atoms with Crippen molar-refractivity contribution in [1.29, 1.82) is 5.26 Å². The molecule has 1 heterocycles. The van der Waals surface area contributed by atoms with Gasteiger partial charge in [0.15, 0.2) is 5.13 Å². The monoisotopic (exact) mass is 285 g/mol. The average molecular weight is 285 g/mol. The summed E-state index contributed by atoms with van der Waals surface area (Å²) < 4.78 is 39.7. The normalized spacial score (nSPS) is 11.1. The number of nitrogen functional groups attached to an aromatic ring is 1. The van der Waals surface area contributed by atoms with Crippen LogP contribution in [0.2, 0.25) is 0 Å². The highest BCUT2D eigenvalue weighted by Crippen LogP contribution is 2.31. The maximum absolute atomic E-state index is 12.0. The van der Waals surface area contributed by atoms with Crippen LogP contribution in [0.3, 0.4) is 0 Å². The molecule has 0 amide bonds. The van der Waals surface area contributed by atoms with E-state index in [1.807, 2.05) is 6.07 Å². The van der Waals surface area contributed by atoms with Crippen molar-refractivity contribution >= 4 is 16.5 Å². The lowest BCUT2D eigenvalue weighted by molar-refractivity contribution is -0.274. The van der Waals surface area contributed by atoms with Gasteiger partial charge in [-0.2, -0.15) is 5.26 Å². The van der Waals surface area contributed by atoms with Gasteiger partial charge in [0, 0.05) is 5.56 Å². The summed E-state index contributed by atoms with van der Waals surface area (Å²) in [5.74, 6) is -0.335. The molecule has 1 aromatic heterocycles. The van der Waals surface area contributed by atoms with Crippen LogP contribution in [0.1, 0.15) is 4.88 Å². The minimum absolute atomic E-state index is 0.224. The van der Waals surface area contributed by atoms with Gasteiger partial charge in [-0.1, -0.05) is 11.3 Å². The van der Waals surface area contributed by atoms with Crippen LogP contribution in [0.15, 0.2) is 24.3 Å². The molecule has 4 nitrogen and oxygen atoms in total. The first-order valence-corrected chi connectivity index (χ1v) is 5.73. The number of nitriles is 1. The number of halogens is 3. The first kappa shape index (κ1) is 13.2. The van der Waals surface area contributed by atoms with Crippen LogP contribution in [0.4, 0.5) is 18.3 Å². The molecule has 0 bridgehead atoms. The highest BCUT2D eigenvalue weighted by Gasteiger charge is 2.31. The summed E-state index contributed by atoms with van der Waals surface area (Å²) >= 11 is 1.02. The summed E-state index contributed by atoms with van der Waals surface area (Å²) in [6.45, 7) is 0. The molecule has 19 heavy (non-hydrogen) atoms. The molecular weight excluding hydrogens is 279 g/mol. The van der Waals surface area contributed by atoms with Crippen molar-refractivity contribution < 1.29 is 17.9 Å². The number of rotatable bonds is 2. The maximum atomic E-state index is 12.0. The molecule has 98 valence electrons. The predicted molar refractivity (Wildman–Crippen MR) is 63.4 cm³/mol. The fourth-order valence-corrected chi connectivity index (χ4v) is 2.07. The van der Waals surface area contributed by atoms with E-state index in [1.165, 1.54) is 12.1 Å². The molecule has 0 fully saturated rings. The second-order valence-corrected chi connectivity index (χ2v) is 4.44. The van der Waals surface area contributed by atoms with Gasteiger partial charge < -0.3 is 10.5 Å². The Bertz CT molecular complexity index is 628. The van der Waals surface area contributed by atoms with E-state index in [9.17, 15) is 13.2 Å². The number of nitrogens with zero attached hydrogens (tertiary/aromatic N) is 2. The molecule has 8 heteroatoms. The van der Waals surface area contributed by atoms with Gasteiger partial charge in [-0.3, -0.25) is 0 Å². The third kappa shape index (κ3) is 3.14. The van der Waals surface area contributed by atoms with Gasteiger partial charge in [0.2, 0.25) is 0 Å². The molecule has 0 aliphatic carbocycles. The van der Waals surface area contributed by atoms with Gasteiger partial charge in [0.25, 0.3) is 0 Å². The minimum atomic E-state index is -4.73. The number of nitrogens with two attached hydrogens (primary N) is 1. The lowest BCUT2D eigenvalue weighted by Crippen LogP contribution is -2.16. The topological polar surface area (TPSA) is 71.9 Å². The van der Waals surface area contributed by atoms with Crippen molar-refractivity contribution in [2.75, 3.05) is 5.73 Å². The Morgan fingerprint density at radius 3 is 2.42 bits per heavy atom. The SMILES string of the molecule is N#Cc1sc(N)nc1-c1ccc(OC(F)(F)F)cc1. The molecule has 2 N–H and O–H groups in total. The van der Waals surface area contributed by atoms with Gasteiger partial charge in [0.1, 0.15) is 22.4 Å². The lowest BCUT2D eigenvalue weighted by Gasteiger charge is -2.08. The van der Waals surface area contributed by atoms with Crippen LogP contribution >= 0.6 is 11.3 Å². The fourth-order valence-electron chi connectivity index (χ4n) is 1.42. The van der Waals surface area contributed by atoms with Crippen molar-refractivity contribution in [2.45, 2.75) is 6.36 Å². The minimum Gasteiger partial charge on any atom is -0.406 e. The Labute approximate surface area is 109 Å². The van der Waals surface area contributed by atoms with Crippen LogP contribution < -0.4 is 10.5 Å². The van der Waals surface area contributed by atoms with Gasteiger partial charge >= 0.3 is 6.36 Å². The molecule has 0 spiro atoms. The number of aromatic nitrogens is 1. The number of anilines is 1. The van der Waals surface area contributed by atoms with Crippen molar-refractivity contribution in [3.63, 3.8) is 0 Å². The predicted octanol–water partition coefficient (Wildman–Crippen LogP) is 3.16. The summed E-state index contributed by atoms with van der Waals surface area (Å²) in [5.41, 5.74) is 6.34. The Morgan fingerprint density at radius 1 is 1.26 bits per heavy atom. The molecule has 0 unspecified atom stereocenters. The molecule has 0 atom stereocenters. The molecule has 0 saturated carbocycles. The summed E-state index contributed by atoms with van der Waals surface area (Å²) in [7, 11) is 0. The van der Waals surface area contributed by atoms with Gasteiger partial charge in [-0.15, -0.1) is 13.2 Å². The van der Waals surface area contributed by atoms with Crippen LogP contribution in [-0.2, 0) is 0 Å². The number of ether oxygens (including phenoxy) is 1. The number of hydrogen-bond donors (Lipinski definition) is 1. The van der Waals surface area contributed by atoms with Gasteiger partial charge in [-0.25, -0.2) is 4.98 Å². The molecule has 0 aliphatic rings. The van der Waals surface area contributed by atoms with E-state index in [0.717, 1.165) is 23.5 Å². The summed E-state index contributed by atoms with van der Waals surface area (Å²) in [6, 6.07) is 7.01. The quantitative estimate of drug-likeness (QED) is 0.920. The van der Waals surface area contributed by atoms with E-state index in [-0.39, 0.29) is 10.9 Å². The van der Waals surface area contributed by atoms with E-state index < -0.39 is 6.36 Å². The fraction of sp³-hybridized carbons (Fsp3) is 0.0909. The van der Waals surface area contributed by atoms with Crippen molar-refractivity contribution in [3.05, 3.63) is 29.1 Å². The van der Waals surface area contributed by atoms with Crippen LogP contribution in [-0.4, -0.2) is 11.3 Å². The maximum Gasteiger partial charge on any atom is 0.573 e. The molecule has 2 aromatic rings. The summed E-state index contributed by atoms with van der Waals surface area (Å²) in [4.78, 5) is 4.27. The van der Waals surface area contributed by atoms with E-state index >= 15 is 0 Å². The number of hydrogen-bond acceptors (Lipinski definition) is 5. The van der Waals surface area contributed by atoms with Crippen LogP contribution in [0.5, 0.6) is 5.75 Å². The van der Waals surface area contributed by atoms with E-state index in [1.54, 1.807) is 0 Å². The van der Waals surface area contributed by atoms with Crippen molar-refractivity contribution in [1.82, 2.24) is 4.98 Å². The lowest BCUT2D eigenvalue weighted by atomic mass is 10.1. The molecule has 1 aromatic carbocycles. The Hall–Kier alpha value is -2.27. The summed E-state index contributed by atoms with van der Waals surface area (Å²) in [5, 5.41) is 9.12.